The summed E-state index contributed by atoms with van der Waals surface area (Å²) in [6.07, 6.45) is 0. The Morgan fingerprint density at radius 2 is 0.926 bits per heavy atom. The number of aromatic amines is 4. The molecule has 9 aromatic rings. The summed E-state index contributed by atoms with van der Waals surface area (Å²) in [6.45, 7) is 0. The molecule has 31 heteroatoms. The zero-order valence-corrected chi connectivity index (χ0v) is 43.8. The molecule has 410 valence electrons. The number of nitro groups is 3. The number of thiocarbonyl (C=S) groups is 2. The highest BCUT2D eigenvalue weighted by Gasteiger charge is 2.21. The molecule has 0 aliphatic heterocycles. The highest BCUT2D eigenvalue weighted by Crippen LogP contribution is 2.34. The normalized spacial score (nSPS) is 10.9. The number of para-hydroxylation sites is 1. The highest BCUT2D eigenvalue weighted by molar-refractivity contribution is 7.80. The fraction of sp³-hybridized carbons (Fsp3) is 0.0600. The van der Waals surface area contributed by atoms with Crippen LogP contribution in [0.4, 0.5) is 51.2 Å². The molecule has 0 fully saturated rings. The van der Waals surface area contributed by atoms with Crippen molar-refractivity contribution in [3.05, 3.63) is 207 Å². The smallest absolute Gasteiger partial charge is 0.301 e. The summed E-state index contributed by atoms with van der Waals surface area (Å²) in [4.78, 5) is 68.1. The molecule has 0 saturated carbocycles. The molecule has 0 aliphatic rings. The van der Waals surface area contributed by atoms with Crippen LogP contribution in [0.25, 0.3) is 33.8 Å². The van der Waals surface area contributed by atoms with Gasteiger partial charge in [-0.3, -0.25) is 65.1 Å². The standard InChI is InChI=1S/2C17H14N6O4S.C16H13N5O4/c1-27-13-4-2-3-11(9-13)19-20-15-14(21-22(16(15)24)17(18)28)10-5-7-12(8-6-10)23(25)26;1-27-13-5-3-2-4-12(13)19-20-15-14(21-22(16(15)24)17(18)28)10-6-8-11(9-7-10)23(25)26;1-25-13-8-4-11(5-9-13)17-19-15-14(18-20-16(15)22)10-2-6-12(7-3-10)21(23)24/h2*2-9,21H,1H3,(H2,18,28);2-9H,1H3,(H2,18,20,22). The minimum atomic E-state index is -0.598. The van der Waals surface area contributed by atoms with Crippen molar-refractivity contribution in [2.24, 2.45) is 42.2 Å². The molecule has 0 amide bonds. The molecule has 3 aromatic heterocycles. The number of hydrogen-bond acceptors (Lipinski definition) is 20. The van der Waals surface area contributed by atoms with Gasteiger partial charge in [0.15, 0.2) is 27.3 Å². The van der Waals surface area contributed by atoms with Crippen molar-refractivity contribution >= 4 is 85.8 Å². The third-order valence-electron chi connectivity index (χ3n) is 11.0. The summed E-state index contributed by atoms with van der Waals surface area (Å²) in [7, 11) is 4.58. The van der Waals surface area contributed by atoms with Crippen LogP contribution in [0.2, 0.25) is 0 Å². The largest absolute Gasteiger partial charge is 0.497 e. The van der Waals surface area contributed by atoms with Gasteiger partial charge in [0.2, 0.25) is 0 Å². The predicted molar refractivity (Wildman–Crippen MR) is 304 cm³/mol. The van der Waals surface area contributed by atoms with E-state index in [9.17, 15) is 44.7 Å². The van der Waals surface area contributed by atoms with Gasteiger partial charge in [-0.1, -0.05) is 18.2 Å². The van der Waals surface area contributed by atoms with E-state index in [1.165, 1.54) is 87.0 Å². The predicted octanol–water partition coefficient (Wildman–Crippen LogP) is 10.2. The second kappa shape index (κ2) is 26.1. The minimum absolute atomic E-state index is 0.0375. The Labute approximate surface area is 464 Å². The van der Waals surface area contributed by atoms with Crippen molar-refractivity contribution in [3.63, 3.8) is 0 Å². The van der Waals surface area contributed by atoms with Gasteiger partial charge in [-0.15, -0.1) is 20.5 Å². The number of methoxy groups -OCH3 is 3. The lowest BCUT2D eigenvalue weighted by atomic mass is 10.1. The lowest BCUT2D eigenvalue weighted by Crippen LogP contribution is -2.29. The molecule has 0 radical (unpaired) electrons. The van der Waals surface area contributed by atoms with Crippen LogP contribution in [0.15, 0.2) is 191 Å². The molecule has 3 heterocycles. The average molecular weight is 1140 g/mol. The zero-order chi connectivity index (χ0) is 58.3. The molecule has 9 rings (SSSR count). The molecule has 0 bridgehead atoms. The Bertz CT molecular complexity index is 4070. The van der Waals surface area contributed by atoms with E-state index in [-0.39, 0.29) is 55.7 Å². The maximum Gasteiger partial charge on any atom is 0.301 e. The second-order valence-corrected chi connectivity index (χ2v) is 16.9. The SMILES string of the molecule is COc1ccc(N=Nc2c(-c3ccc([N+](=O)[O-])cc3)[nH][nH]c2=O)cc1.COc1cccc(N=Nc2c(-c3ccc([N+](=O)[O-])cc3)[nH]n(C(N)=S)c2=O)c1.COc1ccccc1N=Nc1c(-c2ccc([N+](=O)[O-])cc2)[nH]n(C(N)=S)c1=O. The number of non-ortho nitro benzene ring substituents is 3. The fourth-order valence-corrected chi connectivity index (χ4v) is 7.27. The molecule has 81 heavy (non-hydrogen) atoms. The first kappa shape index (κ1) is 57.2. The number of H-pyrrole nitrogens is 4. The molecule has 0 saturated heterocycles. The minimum Gasteiger partial charge on any atom is -0.497 e. The Morgan fingerprint density at radius 3 is 1.38 bits per heavy atom. The number of rotatable bonds is 15. The van der Waals surface area contributed by atoms with E-state index in [0.29, 0.717) is 56.7 Å². The van der Waals surface area contributed by atoms with Crippen molar-refractivity contribution in [2.75, 3.05) is 21.3 Å². The van der Waals surface area contributed by atoms with E-state index >= 15 is 0 Å². The van der Waals surface area contributed by atoms with Gasteiger partial charge in [0.1, 0.15) is 22.9 Å². The van der Waals surface area contributed by atoms with Crippen LogP contribution in [-0.2, 0) is 0 Å². The Balaban J connectivity index is 0.000000176. The first-order valence-electron chi connectivity index (χ1n) is 22.9. The monoisotopic (exact) mass is 1140 g/mol. The summed E-state index contributed by atoms with van der Waals surface area (Å²) < 4.78 is 17.3. The number of benzene rings is 6. The molecular formula is C50H41N17O12S2. The lowest BCUT2D eigenvalue weighted by Gasteiger charge is -2.02. The number of ether oxygens (including phenoxy) is 3. The summed E-state index contributed by atoms with van der Waals surface area (Å²) >= 11 is 9.74. The Morgan fingerprint density at radius 1 is 0.481 bits per heavy atom. The Kier molecular flexibility index (Phi) is 18.4. The van der Waals surface area contributed by atoms with Gasteiger partial charge < -0.3 is 25.7 Å². The molecule has 29 nitrogen and oxygen atoms in total. The summed E-state index contributed by atoms with van der Waals surface area (Å²) in [5, 5.41) is 67.0. The molecular weight excluding hydrogens is 1090 g/mol. The van der Waals surface area contributed by atoms with Crippen LogP contribution in [0.5, 0.6) is 17.2 Å². The van der Waals surface area contributed by atoms with E-state index in [4.69, 9.17) is 50.1 Å². The van der Waals surface area contributed by atoms with Crippen LogP contribution >= 0.6 is 24.4 Å². The number of aromatic nitrogens is 6. The van der Waals surface area contributed by atoms with E-state index in [0.717, 1.165) is 9.36 Å². The van der Waals surface area contributed by atoms with Gasteiger partial charge >= 0.3 is 11.1 Å². The molecule has 0 spiro atoms. The number of azo groups is 3. The Hall–Kier alpha value is -11.5. The van der Waals surface area contributed by atoms with E-state index in [2.05, 4.69) is 51.1 Å². The molecule has 0 aliphatic carbocycles. The molecule has 6 aromatic carbocycles. The fourth-order valence-electron chi connectivity index (χ4n) is 7.01. The highest BCUT2D eigenvalue weighted by atomic mass is 32.1. The van der Waals surface area contributed by atoms with Gasteiger partial charge in [0.25, 0.3) is 22.6 Å². The van der Waals surface area contributed by atoms with Gasteiger partial charge in [-0.05, 0) is 109 Å². The first-order valence-corrected chi connectivity index (χ1v) is 23.7. The first-order chi connectivity index (χ1) is 38.9. The van der Waals surface area contributed by atoms with Gasteiger partial charge in [-0.2, -0.15) is 19.6 Å². The third kappa shape index (κ3) is 13.9. The third-order valence-corrected chi connectivity index (χ3v) is 11.4. The maximum absolute atomic E-state index is 12.6. The van der Waals surface area contributed by atoms with Crippen LogP contribution in [0.3, 0.4) is 0 Å². The van der Waals surface area contributed by atoms with Gasteiger partial charge in [0, 0.05) is 59.2 Å². The summed E-state index contributed by atoms with van der Waals surface area (Å²) in [6, 6.07) is 37.5. The molecule has 0 unspecified atom stereocenters. The number of nitrogens with zero attached hydrogens (tertiary/aromatic N) is 11. The summed E-state index contributed by atoms with van der Waals surface area (Å²) in [5.41, 5.74) is 13.2. The molecule has 8 N–H and O–H groups in total. The number of nitrogens with two attached hydrogens (primary N) is 2. The maximum atomic E-state index is 12.6. The van der Waals surface area contributed by atoms with Gasteiger partial charge in [0.05, 0.1) is 64.6 Å². The number of hydrogen-bond donors (Lipinski definition) is 6. The van der Waals surface area contributed by atoms with Crippen molar-refractivity contribution < 1.29 is 29.0 Å². The average Bonchev–Trinajstić information content (AvgIpc) is 4.37. The lowest BCUT2D eigenvalue weighted by molar-refractivity contribution is -0.385. The van der Waals surface area contributed by atoms with E-state index < -0.39 is 31.4 Å². The number of nitrogens with one attached hydrogen (secondary N) is 4. The van der Waals surface area contributed by atoms with Crippen LogP contribution < -0.4 is 42.4 Å². The summed E-state index contributed by atoms with van der Waals surface area (Å²) in [5.74, 6) is 1.75. The molecule has 0 atom stereocenters. The topological polar surface area (TPSA) is 408 Å². The van der Waals surface area contributed by atoms with Crippen LogP contribution in [0.1, 0.15) is 0 Å². The van der Waals surface area contributed by atoms with E-state index in [1.54, 1.807) is 79.9 Å². The van der Waals surface area contributed by atoms with Crippen molar-refractivity contribution in [1.82, 2.24) is 29.8 Å². The van der Waals surface area contributed by atoms with E-state index in [1.807, 2.05) is 0 Å². The quantitative estimate of drug-likeness (QED) is 0.0240. The van der Waals surface area contributed by atoms with Gasteiger partial charge in [-0.25, -0.2) is 0 Å². The van der Waals surface area contributed by atoms with Crippen molar-refractivity contribution in [2.45, 2.75) is 0 Å². The van der Waals surface area contributed by atoms with Crippen LogP contribution in [0, 0.1) is 30.3 Å². The van der Waals surface area contributed by atoms with Crippen LogP contribution in [-0.4, -0.2) is 76.1 Å². The van der Waals surface area contributed by atoms with Crippen molar-refractivity contribution in [1.29, 1.82) is 0 Å². The van der Waals surface area contributed by atoms with Crippen molar-refractivity contribution in [3.8, 4) is 51.0 Å². The second-order valence-electron chi connectivity index (χ2n) is 16.0. The number of nitro benzene ring substituents is 3. The zero-order valence-electron chi connectivity index (χ0n) is 42.1.